The van der Waals surface area contributed by atoms with Crippen molar-refractivity contribution < 1.29 is 9.47 Å². The molecule has 0 saturated heterocycles. The summed E-state index contributed by atoms with van der Waals surface area (Å²) in [5.41, 5.74) is 0.792. The first-order valence-corrected chi connectivity index (χ1v) is 7.86. The van der Waals surface area contributed by atoms with E-state index in [1.807, 2.05) is 31.2 Å². The monoisotopic (exact) mass is 315 g/mol. The molecule has 0 fully saturated rings. The van der Waals surface area contributed by atoms with E-state index < -0.39 is 0 Å². The molecule has 0 amide bonds. The maximum atomic E-state index is 11.6. The molecule has 0 radical (unpaired) electrons. The summed E-state index contributed by atoms with van der Waals surface area (Å²) in [6.45, 7) is 4.54. The molecule has 23 heavy (non-hydrogen) atoms. The topological polar surface area (TPSA) is 65.4 Å². The van der Waals surface area contributed by atoms with Crippen LogP contribution in [0.25, 0.3) is 0 Å². The number of aromatic nitrogens is 2. The fraction of sp³-hybridized carbons (Fsp3) is 0.412. The van der Waals surface area contributed by atoms with Crippen LogP contribution in [0.5, 0.6) is 11.5 Å². The normalized spacial score (nSPS) is 16.3. The van der Waals surface area contributed by atoms with Crippen molar-refractivity contribution in [1.82, 2.24) is 15.1 Å². The Labute approximate surface area is 135 Å². The predicted molar refractivity (Wildman–Crippen MR) is 87.1 cm³/mol. The molecule has 1 aromatic heterocycles. The van der Waals surface area contributed by atoms with E-state index in [0.717, 1.165) is 30.2 Å². The molecule has 1 aliphatic rings. The molecule has 0 spiro atoms. The third-order valence-electron chi connectivity index (χ3n) is 3.66. The van der Waals surface area contributed by atoms with Gasteiger partial charge in [0.05, 0.1) is 5.69 Å². The molecule has 0 aliphatic carbocycles. The van der Waals surface area contributed by atoms with Gasteiger partial charge in [-0.1, -0.05) is 12.1 Å². The highest BCUT2D eigenvalue weighted by Gasteiger charge is 2.19. The Balaban J connectivity index is 1.39. The van der Waals surface area contributed by atoms with Crippen molar-refractivity contribution in [2.75, 3.05) is 19.7 Å². The fourth-order valence-corrected chi connectivity index (χ4v) is 2.49. The first kappa shape index (κ1) is 15.6. The van der Waals surface area contributed by atoms with Gasteiger partial charge in [-0.15, -0.1) is 0 Å². The number of aryl methyl sites for hydroxylation is 2. The summed E-state index contributed by atoms with van der Waals surface area (Å²) in [5, 5.41) is 7.56. The molecule has 122 valence electrons. The second-order valence-corrected chi connectivity index (χ2v) is 5.59. The summed E-state index contributed by atoms with van der Waals surface area (Å²) in [6.07, 6.45) is 0.838. The van der Waals surface area contributed by atoms with Crippen LogP contribution in [0.15, 0.2) is 41.2 Å². The average Bonchev–Trinajstić information content (AvgIpc) is 2.57. The fourth-order valence-electron chi connectivity index (χ4n) is 2.49. The first-order valence-electron chi connectivity index (χ1n) is 7.86. The molecular weight excluding hydrogens is 294 g/mol. The van der Waals surface area contributed by atoms with E-state index in [2.05, 4.69) is 10.4 Å². The molecule has 1 unspecified atom stereocenters. The minimum atomic E-state index is -0.0591. The lowest BCUT2D eigenvalue weighted by molar-refractivity contribution is 0.0904. The van der Waals surface area contributed by atoms with E-state index in [-0.39, 0.29) is 11.7 Å². The standard InChI is InChI=1S/C17H21N3O3/c1-13-7-8-17(21)20(19-13)10-4-9-18-11-14-12-22-15-5-2-3-6-16(15)23-14/h2-3,5-8,14,18H,4,9-12H2,1H3. The van der Waals surface area contributed by atoms with Crippen LogP contribution >= 0.6 is 0 Å². The SMILES string of the molecule is Cc1ccc(=O)n(CCCNCC2COc3ccccc3O2)n1. The number of hydrogen-bond acceptors (Lipinski definition) is 5. The van der Waals surface area contributed by atoms with Gasteiger partial charge in [-0.25, -0.2) is 4.68 Å². The van der Waals surface area contributed by atoms with E-state index in [1.165, 1.54) is 4.68 Å². The molecule has 3 rings (SSSR count). The lowest BCUT2D eigenvalue weighted by atomic mass is 10.2. The van der Waals surface area contributed by atoms with Crippen molar-refractivity contribution in [3.8, 4) is 11.5 Å². The highest BCUT2D eigenvalue weighted by atomic mass is 16.6. The second-order valence-electron chi connectivity index (χ2n) is 5.59. The number of rotatable bonds is 6. The molecule has 2 heterocycles. The van der Waals surface area contributed by atoms with Crippen molar-refractivity contribution in [3.63, 3.8) is 0 Å². The first-order chi connectivity index (χ1) is 11.2. The molecule has 0 bridgehead atoms. The zero-order valence-electron chi connectivity index (χ0n) is 13.2. The summed E-state index contributed by atoms with van der Waals surface area (Å²) in [7, 11) is 0. The third-order valence-corrected chi connectivity index (χ3v) is 3.66. The maximum Gasteiger partial charge on any atom is 0.266 e. The molecule has 1 aromatic carbocycles. The third kappa shape index (κ3) is 4.10. The van der Waals surface area contributed by atoms with Crippen LogP contribution in [-0.2, 0) is 6.54 Å². The molecule has 6 nitrogen and oxygen atoms in total. The van der Waals surface area contributed by atoms with Gasteiger partial charge in [-0.05, 0) is 38.1 Å². The Morgan fingerprint density at radius 2 is 2.09 bits per heavy atom. The maximum absolute atomic E-state index is 11.6. The molecule has 2 aromatic rings. The van der Waals surface area contributed by atoms with Gasteiger partial charge >= 0.3 is 0 Å². The van der Waals surface area contributed by atoms with E-state index in [4.69, 9.17) is 9.47 Å². The summed E-state index contributed by atoms with van der Waals surface area (Å²) in [5.74, 6) is 1.59. The average molecular weight is 315 g/mol. The van der Waals surface area contributed by atoms with Gasteiger partial charge < -0.3 is 14.8 Å². The van der Waals surface area contributed by atoms with Crippen molar-refractivity contribution in [2.45, 2.75) is 26.0 Å². The van der Waals surface area contributed by atoms with E-state index >= 15 is 0 Å². The highest BCUT2D eigenvalue weighted by molar-refractivity contribution is 5.40. The van der Waals surface area contributed by atoms with Crippen molar-refractivity contribution >= 4 is 0 Å². The molecule has 1 aliphatic heterocycles. The van der Waals surface area contributed by atoms with Crippen LogP contribution in [0.1, 0.15) is 12.1 Å². The van der Waals surface area contributed by atoms with Crippen LogP contribution in [0.2, 0.25) is 0 Å². The summed E-state index contributed by atoms with van der Waals surface area (Å²) >= 11 is 0. The van der Waals surface area contributed by atoms with Gasteiger partial charge in [0.15, 0.2) is 11.5 Å². The van der Waals surface area contributed by atoms with Crippen LogP contribution in [0, 0.1) is 6.92 Å². The van der Waals surface area contributed by atoms with E-state index in [0.29, 0.717) is 19.7 Å². The lowest BCUT2D eigenvalue weighted by Crippen LogP contribution is -2.39. The quantitative estimate of drug-likeness (QED) is 0.816. The van der Waals surface area contributed by atoms with Gasteiger partial charge in [0.1, 0.15) is 12.7 Å². The Morgan fingerprint density at radius 1 is 1.26 bits per heavy atom. The Bertz CT molecular complexity index is 714. The van der Waals surface area contributed by atoms with Crippen LogP contribution < -0.4 is 20.3 Å². The Kier molecular flexibility index (Phi) is 4.92. The summed E-state index contributed by atoms with van der Waals surface area (Å²) < 4.78 is 13.1. The molecular formula is C17H21N3O3. The van der Waals surface area contributed by atoms with Crippen molar-refractivity contribution in [2.24, 2.45) is 0 Å². The molecule has 0 saturated carbocycles. The number of benzene rings is 1. The minimum Gasteiger partial charge on any atom is -0.486 e. The largest absolute Gasteiger partial charge is 0.486 e. The van der Waals surface area contributed by atoms with Crippen LogP contribution in [0.4, 0.5) is 0 Å². The highest BCUT2D eigenvalue weighted by Crippen LogP contribution is 2.30. The smallest absolute Gasteiger partial charge is 0.266 e. The number of fused-ring (bicyclic) bond motifs is 1. The zero-order valence-corrected chi connectivity index (χ0v) is 13.2. The number of hydrogen-bond donors (Lipinski definition) is 1. The van der Waals surface area contributed by atoms with Gasteiger partial charge in [0.2, 0.25) is 0 Å². The number of para-hydroxylation sites is 2. The van der Waals surface area contributed by atoms with E-state index in [1.54, 1.807) is 12.1 Å². The summed E-state index contributed by atoms with van der Waals surface area (Å²) in [4.78, 5) is 11.6. The minimum absolute atomic E-state index is 0.00437. The molecule has 1 atom stereocenters. The lowest BCUT2D eigenvalue weighted by Gasteiger charge is -2.26. The van der Waals surface area contributed by atoms with E-state index in [9.17, 15) is 4.79 Å². The van der Waals surface area contributed by atoms with Gasteiger partial charge in [0, 0.05) is 19.2 Å². The second kappa shape index (κ2) is 7.28. The number of nitrogens with one attached hydrogen (secondary N) is 1. The van der Waals surface area contributed by atoms with Crippen LogP contribution in [-0.4, -0.2) is 35.6 Å². The summed E-state index contributed by atoms with van der Waals surface area (Å²) in [6, 6.07) is 11.0. The van der Waals surface area contributed by atoms with Gasteiger partial charge in [-0.2, -0.15) is 5.10 Å². The van der Waals surface area contributed by atoms with Crippen LogP contribution in [0.3, 0.4) is 0 Å². The zero-order chi connectivity index (χ0) is 16.1. The van der Waals surface area contributed by atoms with Gasteiger partial charge in [-0.3, -0.25) is 4.79 Å². The molecule has 1 N–H and O–H groups in total. The van der Waals surface area contributed by atoms with Gasteiger partial charge in [0.25, 0.3) is 5.56 Å². The van der Waals surface area contributed by atoms with Crippen molar-refractivity contribution in [1.29, 1.82) is 0 Å². The number of nitrogens with zero attached hydrogens (tertiary/aromatic N) is 2. The Hall–Kier alpha value is -2.34. The van der Waals surface area contributed by atoms with Crippen molar-refractivity contribution in [3.05, 3.63) is 52.4 Å². The predicted octanol–water partition coefficient (Wildman–Crippen LogP) is 1.37. The Morgan fingerprint density at radius 3 is 2.96 bits per heavy atom. The molecule has 6 heteroatoms. The number of ether oxygens (including phenoxy) is 2.